The summed E-state index contributed by atoms with van der Waals surface area (Å²) in [5.74, 6) is 0.384. The summed E-state index contributed by atoms with van der Waals surface area (Å²) < 4.78 is 5.86. The lowest BCUT2D eigenvalue weighted by Crippen LogP contribution is -2.42. The van der Waals surface area contributed by atoms with Gasteiger partial charge in [-0.15, -0.1) is 0 Å². The zero-order valence-electron chi connectivity index (χ0n) is 12.3. The fraction of sp³-hybridized carbons (Fsp3) is 0.625. The van der Waals surface area contributed by atoms with Crippen molar-refractivity contribution in [2.24, 2.45) is 0 Å². The Labute approximate surface area is 120 Å². The van der Waals surface area contributed by atoms with Gasteiger partial charge in [0.05, 0.1) is 12.2 Å². The molecule has 2 N–H and O–H groups in total. The lowest BCUT2D eigenvalue weighted by Gasteiger charge is -2.34. The standard InChI is InChI=1S/C16H24N2O2/c1-3-17-11(2)15-7-4-12(8-16(15)19)18-9-13-5-6-14(10-18)20-13/h4,7-8,11,13-14,17,19H,3,5-6,9-10H2,1-2H3. The van der Waals surface area contributed by atoms with Crippen LogP contribution in [0.4, 0.5) is 5.69 Å². The van der Waals surface area contributed by atoms with E-state index in [1.165, 1.54) is 12.8 Å². The highest BCUT2D eigenvalue weighted by Gasteiger charge is 2.33. The van der Waals surface area contributed by atoms with Crippen molar-refractivity contribution in [1.29, 1.82) is 0 Å². The molecule has 2 aliphatic rings. The molecule has 3 unspecified atom stereocenters. The number of nitrogens with one attached hydrogen (secondary N) is 1. The predicted molar refractivity (Wildman–Crippen MR) is 80.3 cm³/mol. The van der Waals surface area contributed by atoms with Crippen LogP contribution in [0.5, 0.6) is 5.75 Å². The fourth-order valence-electron chi connectivity index (χ4n) is 3.34. The number of nitrogens with zero attached hydrogens (tertiary/aromatic N) is 1. The number of rotatable bonds is 4. The number of phenols is 1. The Balaban J connectivity index is 1.76. The Morgan fingerprint density at radius 3 is 2.65 bits per heavy atom. The molecule has 0 aromatic heterocycles. The van der Waals surface area contributed by atoms with Crippen molar-refractivity contribution in [3.8, 4) is 5.75 Å². The quantitative estimate of drug-likeness (QED) is 0.886. The van der Waals surface area contributed by atoms with Crippen LogP contribution in [-0.4, -0.2) is 36.9 Å². The van der Waals surface area contributed by atoms with Gasteiger partial charge in [0, 0.05) is 36.4 Å². The number of fused-ring (bicyclic) bond motifs is 2. The Bertz CT molecular complexity index is 466. The highest BCUT2D eigenvalue weighted by Crippen LogP contribution is 2.33. The molecule has 0 saturated carbocycles. The Hall–Kier alpha value is -1.26. The average molecular weight is 276 g/mol. The molecule has 110 valence electrons. The van der Waals surface area contributed by atoms with E-state index in [1.807, 2.05) is 12.1 Å². The van der Waals surface area contributed by atoms with Gasteiger partial charge in [0.25, 0.3) is 0 Å². The molecule has 2 aliphatic heterocycles. The first kappa shape index (κ1) is 13.7. The van der Waals surface area contributed by atoms with Gasteiger partial charge in [-0.05, 0) is 32.4 Å². The summed E-state index contributed by atoms with van der Waals surface area (Å²) in [5, 5.41) is 13.6. The second kappa shape index (κ2) is 5.62. The van der Waals surface area contributed by atoms with E-state index in [9.17, 15) is 5.11 Å². The van der Waals surface area contributed by atoms with Gasteiger partial charge in [0.15, 0.2) is 0 Å². The summed E-state index contributed by atoms with van der Waals surface area (Å²) in [6.07, 6.45) is 3.08. The van der Waals surface area contributed by atoms with E-state index in [1.54, 1.807) is 0 Å². The van der Waals surface area contributed by atoms with Crippen molar-refractivity contribution in [1.82, 2.24) is 5.32 Å². The SMILES string of the molecule is CCNC(C)c1ccc(N2CC3CCC(C2)O3)cc1O. The molecular weight excluding hydrogens is 252 g/mol. The summed E-state index contributed by atoms with van der Waals surface area (Å²) in [6, 6.07) is 6.23. The maximum absolute atomic E-state index is 10.3. The van der Waals surface area contributed by atoms with Gasteiger partial charge in [0.2, 0.25) is 0 Å². The summed E-state index contributed by atoms with van der Waals surface area (Å²) >= 11 is 0. The first-order valence-electron chi connectivity index (χ1n) is 7.64. The van der Waals surface area contributed by atoms with Crippen molar-refractivity contribution in [3.63, 3.8) is 0 Å². The van der Waals surface area contributed by atoms with Crippen LogP contribution >= 0.6 is 0 Å². The van der Waals surface area contributed by atoms with Gasteiger partial charge in [-0.3, -0.25) is 0 Å². The molecule has 2 saturated heterocycles. The number of anilines is 1. The van der Waals surface area contributed by atoms with Crippen LogP contribution < -0.4 is 10.2 Å². The van der Waals surface area contributed by atoms with E-state index >= 15 is 0 Å². The minimum absolute atomic E-state index is 0.176. The third kappa shape index (κ3) is 2.63. The second-order valence-corrected chi connectivity index (χ2v) is 5.88. The largest absolute Gasteiger partial charge is 0.508 e. The van der Waals surface area contributed by atoms with E-state index in [4.69, 9.17) is 4.74 Å². The third-order valence-corrected chi connectivity index (χ3v) is 4.40. The van der Waals surface area contributed by atoms with Crippen molar-refractivity contribution in [2.45, 2.75) is 44.9 Å². The third-order valence-electron chi connectivity index (χ3n) is 4.40. The molecule has 1 aromatic rings. The highest BCUT2D eigenvalue weighted by atomic mass is 16.5. The Morgan fingerprint density at radius 2 is 2.05 bits per heavy atom. The summed E-state index contributed by atoms with van der Waals surface area (Å²) in [5.41, 5.74) is 2.07. The van der Waals surface area contributed by atoms with Gasteiger partial charge in [-0.25, -0.2) is 0 Å². The molecule has 0 spiro atoms. The maximum Gasteiger partial charge on any atom is 0.122 e. The van der Waals surface area contributed by atoms with Crippen LogP contribution in [0.25, 0.3) is 0 Å². The normalized spacial score (nSPS) is 26.8. The fourth-order valence-corrected chi connectivity index (χ4v) is 3.34. The van der Waals surface area contributed by atoms with Crippen molar-refractivity contribution < 1.29 is 9.84 Å². The first-order valence-corrected chi connectivity index (χ1v) is 7.64. The van der Waals surface area contributed by atoms with E-state index in [0.717, 1.165) is 30.9 Å². The second-order valence-electron chi connectivity index (χ2n) is 5.88. The van der Waals surface area contributed by atoms with Gasteiger partial charge in [-0.2, -0.15) is 0 Å². The number of hydrogen-bond acceptors (Lipinski definition) is 4. The molecule has 0 radical (unpaired) electrons. The highest BCUT2D eigenvalue weighted by molar-refractivity contribution is 5.54. The molecule has 1 aromatic carbocycles. The number of phenolic OH excluding ortho intramolecular Hbond substituents is 1. The lowest BCUT2D eigenvalue weighted by molar-refractivity contribution is 0.0305. The van der Waals surface area contributed by atoms with E-state index in [2.05, 4.69) is 30.1 Å². The minimum atomic E-state index is 0.176. The lowest BCUT2D eigenvalue weighted by atomic mass is 10.1. The van der Waals surface area contributed by atoms with Crippen LogP contribution in [0, 0.1) is 0 Å². The Morgan fingerprint density at radius 1 is 1.35 bits per heavy atom. The monoisotopic (exact) mass is 276 g/mol. The van der Waals surface area contributed by atoms with Crippen LogP contribution in [0.1, 0.15) is 38.3 Å². The number of aromatic hydroxyl groups is 1. The zero-order chi connectivity index (χ0) is 14.1. The predicted octanol–water partition coefficient (Wildman–Crippen LogP) is 2.43. The molecular formula is C16H24N2O2. The summed E-state index contributed by atoms with van der Waals surface area (Å²) in [6.45, 7) is 6.93. The molecule has 2 heterocycles. The average Bonchev–Trinajstić information content (AvgIpc) is 2.77. The van der Waals surface area contributed by atoms with Crippen LogP contribution in [0.3, 0.4) is 0 Å². The van der Waals surface area contributed by atoms with E-state index in [0.29, 0.717) is 18.0 Å². The smallest absolute Gasteiger partial charge is 0.122 e. The number of benzene rings is 1. The molecule has 3 atom stereocenters. The van der Waals surface area contributed by atoms with Gasteiger partial charge in [-0.1, -0.05) is 13.0 Å². The molecule has 4 heteroatoms. The molecule has 0 aliphatic carbocycles. The topological polar surface area (TPSA) is 44.7 Å². The minimum Gasteiger partial charge on any atom is -0.508 e. The molecule has 2 fully saturated rings. The number of hydrogen-bond donors (Lipinski definition) is 2. The van der Waals surface area contributed by atoms with E-state index in [-0.39, 0.29) is 6.04 Å². The summed E-state index contributed by atoms with van der Waals surface area (Å²) in [4.78, 5) is 2.34. The maximum atomic E-state index is 10.3. The van der Waals surface area contributed by atoms with E-state index < -0.39 is 0 Å². The molecule has 0 amide bonds. The van der Waals surface area contributed by atoms with Gasteiger partial charge in [0.1, 0.15) is 5.75 Å². The Kier molecular flexibility index (Phi) is 3.85. The van der Waals surface area contributed by atoms with Crippen molar-refractivity contribution in [3.05, 3.63) is 23.8 Å². The van der Waals surface area contributed by atoms with Crippen molar-refractivity contribution in [2.75, 3.05) is 24.5 Å². The molecule has 20 heavy (non-hydrogen) atoms. The van der Waals surface area contributed by atoms with Gasteiger partial charge >= 0.3 is 0 Å². The number of ether oxygens (including phenoxy) is 1. The first-order chi connectivity index (χ1) is 9.67. The molecule has 2 bridgehead atoms. The van der Waals surface area contributed by atoms with Crippen LogP contribution in [-0.2, 0) is 4.74 Å². The van der Waals surface area contributed by atoms with Gasteiger partial charge < -0.3 is 20.1 Å². The summed E-state index contributed by atoms with van der Waals surface area (Å²) in [7, 11) is 0. The number of morpholine rings is 1. The zero-order valence-corrected chi connectivity index (χ0v) is 12.3. The van der Waals surface area contributed by atoms with Crippen molar-refractivity contribution >= 4 is 5.69 Å². The van der Waals surface area contributed by atoms with Crippen LogP contribution in [0.2, 0.25) is 0 Å². The van der Waals surface area contributed by atoms with Crippen LogP contribution in [0.15, 0.2) is 18.2 Å². The molecule has 4 nitrogen and oxygen atoms in total. The molecule has 3 rings (SSSR count).